The predicted molar refractivity (Wildman–Crippen MR) is 61.4 cm³/mol. The lowest BCUT2D eigenvalue weighted by molar-refractivity contribution is 0.373. The van der Waals surface area contributed by atoms with Gasteiger partial charge in [0.2, 0.25) is 0 Å². The van der Waals surface area contributed by atoms with Crippen LogP contribution in [0, 0.1) is 23.4 Å². The third-order valence-electron chi connectivity index (χ3n) is 3.32. The van der Waals surface area contributed by atoms with Crippen LogP contribution in [0.2, 0.25) is 0 Å². The zero-order chi connectivity index (χ0) is 12.3. The van der Waals surface area contributed by atoms with Crippen molar-refractivity contribution in [3.05, 3.63) is 29.6 Å². The van der Waals surface area contributed by atoms with Gasteiger partial charge in [-0.3, -0.25) is 0 Å². The smallest absolute Gasteiger partial charge is 0.161 e. The van der Waals surface area contributed by atoms with Crippen molar-refractivity contribution in [2.75, 3.05) is 11.9 Å². The van der Waals surface area contributed by atoms with Crippen LogP contribution in [0.5, 0.6) is 0 Å². The molecule has 1 aromatic rings. The van der Waals surface area contributed by atoms with Crippen molar-refractivity contribution in [1.29, 1.82) is 0 Å². The average molecular weight is 243 g/mol. The van der Waals surface area contributed by atoms with Crippen LogP contribution in [-0.2, 0) is 0 Å². The van der Waals surface area contributed by atoms with Crippen molar-refractivity contribution in [2.24, 2.45) is 5.92 Å². The van der Waals surface area contributed by atoms with Crippen molar-refractivity contribution in [2.45, 2.75) is 32.1 Å². The highest BCUT2D eigenvalue weighted by molar-refractivity contribution is 5.45. The molecule has 1 N–H and O–H groups in total. The monoisotopic (exact) mass is 243 g/mol. The second-order valence-corrected chi connectivity index (χ2v) is 4.63. The maximum absolute atomic E-state index is 13.3. The van der Waals surface area contributed by atoms with E-state index in [1.807, 2.05) is 0 Å². The minimum absolute atomic E-state index is 0.0504. The fraction of sp³-hybridized carbons (Fsp3) is 0.538. The van der Waals surface area contributed by atoms with E-state index in [1.165, 1.54) is 19.3 Å². The van der Waals surface area contributed by atoms with Crippen molar-refractivity contribution in [3.8, 4) is 0 Å². The summed E-state index contributed by atoms with van der Waals surface area (Å²) in [5.74, 6) is -2.39. The molecule has 0 aliphatic heterocycles. The van der Waals surface area contributed by atoms with Gasteiger partial charge in [-0.15, -0.1) is 0 Å². The van der Waals surface area contributed by atoms with Crippen molar-refractivity contribution < 1.29 is 13.2 Å². The highest BCUT2D eigenvalue weighted by atomic mass is 19.2. The summed E-state index contributed by atoms with van der Waals surface area (Å²) in [7, 11) is 0. The second-order valence-electron chi connectivity index (χ2n) is 4.63. The number of anilines is 1. The van der Waals surface area contributed by atoms with Gasteiger partial charge in [-0.05, 0) is 18.8 Å². The number of rotatable bonds is 3. The summed E-state index contributed by atoms with van der Waals surface area (Å²) in [5.41, 5.74) is 0.0504. The Bertz CT molecular complexity index is 386. The zero-order valence-corrected chi connectivity index (χ0v) is 9.61. The lowest BCUT2D eigenvalue weighted by atomic mass is 9.89. The van der Waals surface area contributed by atoms with Crippen molar-refractivity contribution in [3.63, 3.8) is 0 Å². The third kappa shape index (κ3) is 3.14. The van der Waals surface area contributed by atoms with Crippen LogP contribution in [0.25, 0.3) is 0 Å². The fourth-order valence-corrected chi connectivity index (χ4v) is 2.30. The van der Waals surface area contributed by atoms with E-state index in [1.54, 1.807) is 0 Å². The zero-order valence-electron chi connectivity index (χ0n) is 9.61. The molecule has 0 bridgehead atoms. The van der Waals surface area contributed by atoms with Gasteiger partial charge < -0.3 is 5.32 Å². The van der Waals surface area contributed by atoms with Crippen LogP contribution < -0.4 is 5.32 Å². The minimum atomic E-state index is -1.15. The molecule has 0 amide bonds. The molecule has 1 fully saturated rings. The van der Waals surface area contributed by atoms with Crippen molar-refractivity contribution in [1.82, 2.24) is 0 Å². The van der Waals surface area contributed by atoms with Gasteiger partial charge in [0.15, 0.2) is 11.6 Å². The molecule has 1 aliphatic rings. The molecular weight excluding hydrogens is 227 g/mol. The molecule has 0 radical (unpaired) electrons. The van der Waals surface area contributed by atoms with Gasteiger partial charge in [0, 0.05) is 18.7 Å². The lowest BCUT2D eigenvalue weighted by Crippen LogP contribution is -2.17. The van der Waals surface area contributed by atoms with E-state index in [9.17, 15) is 13.2 Å². The Kier molecular flexibility index (Phi) is 3.92. The SMILES string of the molecule is Fc1cc(F)c(NCC2CCCCC2)cc1F. The summed E-state index contributed by atoms with van der Waals surface area (Å²) < 4.78 is 39.0. The van der Waals surface area contributed by atoms with E-state index in [0.29, 0.717) is 18.5 Å². The van der Waals surface area contributed by atoms with Gasteiger partial charge in [-0.2, -0.15) is 0 Å². The van der Waals surface area contributed by atoms with Crippen LogP contribution in [-0.4, -0.2) is 6.54 Å². The predicted octanol–water partition coefficient (Wildman–Crippen LogP) is 4.10. The molecule has 0 unspecified atom stereocenters. The molecule has 2 rings (SSSR count). The first-order valence-corrected chi connectivity index (χ1v) is 6.05. The molecule has 0 atom stereocenters. The van der Waals surface area contributed by atoms with Gasteiger partial charge in [0.05, 0.1) is 5.69 Å². The molecule has 0 aromatic heterocycles. The van der Waals surface area contributed by atoms with Gasteiger partial charge >= 0.3 is 0 Å². The van der Waals surface area contributed by atoms with Crippen LogP contribution in [0.15, 0.2) is 12.1 Å². The van der Waals surface area contributed by atoms with Crippen molar-refractivity contribution >= 4 is 5.69 Å². The van der Waals surface area contributed by atoms with E-state index in [0.717, 1.165) is 18.9 Å². The number of hydrogen-bond donors (Lipinski definition) is 1. The fourth-order valence-electron chi connectivity index (χ4n) is 2.30. The van der Waals surface area contributed by atoms with E-state index in [-0.39, 0.29) is 5.69 Å². The third-order valence-corrected chi connectivity index (χ3v) is 3.32. The Hall–Kier alpha value is -1.19. The molecule has 0 saturated heterocycles. The topological polar surface area (TPSA) is 12.0 Å². The summed E-state index contributed by atoms with van der Waals surface area (Å²) in [5, 5.41) is 2.87. The first kappa shape index (κ1) is 12.3. The molecule has 1 nitrogen and oxygen atoms in total. The lowest BCUT2D eigenvalue weighted by Gasteiger charge is -2.22. The van der Waals surface area contributed by atoms with E-state index in [4.69, 9.17) is 0 Å². The molecule has 17 heavy (non-hydrogen) atoms. The summed E-state index contributed by atoms with van der Waals surface area (Å²) in [6.45, 7) is 0.627. The van der Waals surface area contributed by atoms with E-state index < -0.39 is 17.5 Å². The van der Waals surface area contributed by atoms with Crippen LogP contribution >= 0.6 is 0 Å². The van der Waals surface area contributed by atoms with E-state index >= 15 is 0 Å². The summed E-state index contributed by atoms with van der Waals surface area (Å²) in [6, 6.07) is 1.46. The maximum Gasteiger partial charge on any atom is 0.161 e. The van der Waals surface area contributed by atoms with Gasteiger partial charge in [0.25, 0.3) is 0 Å². The Labute approximate surface area is 99.0 Å². The summed E-state index contributed by atoms with van der Waals surface area (Å²) in [4.78, 5) is 0. The number of nitrogens with one attached hydrogen (secondary N) is 1. The molecule has 4 heteroatoms. The van der Waals surface area contributed by atoms with Crippen LogP contribution in [0.1, 0.15) is 32.1 Å². The Morgan fingerprint density at radius 3 is 2.29 bits per heavy atom. The standard InChI is InChI=1S/C13H16F3N/c14-10-6-12(16)13(7-11(10)15)17-8-9-4-2-1-3-5-9/h6-7,9,17H,1-5,8H2. The minimum Gasteiger partial charge on any atom is -0.382 e. The van der Waals surface area contributed by atoms with Gasteiger partial charge in [0.1, 0.15) is 5.82 Å². The largest absolute Gasteiger partial charge is 0.382 e. The molecule has 94 valence electrons. The molecule has 0 spiro atoms. The molecule has 1 aliphatic carbocycles. The number of benzene rings is 1. The Balaban J connectivity index is 1.96. The van der Waals surface area contributed by atoms with Crippen LogP contribution in [0.4, 0.5) is 18.9 Å². The van der Waals surface area contributed by atoms with Gasteiger partial charge in [-0.25, -0.2) is 13.2 Å². The Morgan fingerprint density at radius 2 is 1.59 bits per heavy atom. The van der Waals surface area contributed by atoms with E-state index in [2.05, 4.69) is 5.32 Å². The van der Waals surface area contributed by atoms with Crippen LogP contribution in [0.3, 0.4) is 0 Å². The normalized spacial score (nSPS) is 17.1. The highest BCUT2D eigenvalue weighted by Gasteiger charge is 2.15. The molecule has 0 heterocycles. The molecule has 1 aromatic carbocycles. The first-order chi connectivity index (χ1) is 8.16. The number of halogens is 3. The van der Waals surface area contributed by atoms with Gasteiger partial charge in [-0.1, -0.05) is 19.3 Å². The summed E-state index contributed by atoms with van der Waals surface area (Å²) in [6.07, 6.45) is 5.91. The molecule has 1 saturated carbocycles. The summed E-state index contributed by atoms with van der Waals surface area (Å²) >= 11 is 0. The second kappa shape index (κ2) is 5.43. The average Bonchev–Trinajstić information content (AvgIpc) is 2.33. The Morgan fingerprint density at radius 1 is 0.941 bits per heavy atom. The first-order valence-electron chi connectivity index (χ1n) is 6.05. The highest BCUT2D eigenvalue weighted by Crippen LogP contribution is 2.25. The maximum atomic E-state index is 13.3. The number of hydrogen-bond acceptors (Lipinski definition) is 1. The quantitative estimate of drug-likeness (QED) is 0.788. The molecular formula is C13H16F3N.